The largest absolute Gasteiger partial charge is 0.348 e. The van der Waals surface area contributed by atoms with Crippen molar-refractivity contribution in [1.29, 1.82) is 0 Å². The maximum absolute atomic E-state index is 5.81. The van der Waals surface area contributed by atoms with Crippen LogP contribution in [0.25, 0.3) is 0 Å². The van der Waals surface area contributed by atoms with E-state index in [1.54, 1.807) is 0 Å². The van der Waals surface area contributed by atoms with Gasteiger partial charge in [0.15, 0.2) is 5.79 Å². The third-order valence-electron chi connectivity index (χ3n) is 4.35. The van der Waals surface area contributed by atoms with Gasteiger partial charge in [-0.05, 0) is 24.7 Å². The number of ether oxygens (including phenoxy) is 2. The van der Waals surface area contributed by atoms with Crippen LogP contribution in [0.2, 0.25) is 0 Å². The van der Waals surface area contributed by atoms with Gasteiger partial charge in [-0.25, -0.2) is 0 Å². The molecule has 3 fully saturated rings. The van der Waals surface area contributed by atoms with E-state index in [2.05, 4.69) is 0 Å². The lowest BCUT2D eigenvalue weighted by Crippen LogP contribution is -2.41. The van der Waals surface area contributed by atoms with E-state index in [0.29, 0.717) is 0 Å². The van der Waals surface area contributed by atoms with E-state index in [0.717, 1.165) is 31.5 Å². The Bertz CT molecular complexity index is 208. The molecule has 1 saturated heterocycles. The van der Waals surface area contributed by atoms with E-state index < -0.39 is 0 Å². The molecule has 2 heteroatoms. The van der Waals surface area contributed by atoms with Crippen molar-refractivity contribution in [1.82, 2.24) is 0 Å². The van der Waals surface area contributed by atoms with Gasteiger partial charge in [-0.1, -0.05) is 19.3 Å². The number of rotatable bonds is 0. The molecule has 2 nitrogen and oxygen atoms in total. The molecule has 2 aliphatic carbocycles. The average Bonchev–Trinajstić information content (AvgIpc) is 2.66. The molecule has 2 atom stereocenters. The minimum atomic E-state index is -0.140. The highest BCUT2D eigenvalue weighted by Crippen LogP contribution is 2.47. The normalized spacial score (nSPS) is 41.1. The second-order valence-corrected chi connectivity index (χ2v) is 5.16. The minimum Gasteiger partial charge on any atom is -0.348 e. The standard InChI is InChI=1S/C12H20O2/c1-2-4-11-9-12(13-7-8-14-12)6-5-10(11)3-1/h10-11H,1-9H2. The third kappa shape index (κ3) is 1.49. The highest BCUT2D eigenvalue weighted by atomic mass is 16.7. The van der Waals surface area contributed by atoms with Crippen LogP contribution in [0, 0.1) is 11.8 Å². The number of hydrogen-bond acceptors (Lipinski definition) is 2. The van der Waals surface area contributed by atoms with Gasteiger partial charge in [0.2, 0.25) is 0 Å². The Hall–Kier alpha value is -0.0800. The molecule has 0 aromatic rings. The van der Waals surface area contributed by atoms with Gasteiger partial charge in [-0.2, -0.15) is 0 Å². The quantitative estimate of drug-likeness (QED) is 0.593. The van der Waals surface area contributed by atoms with Crippen molar-refractivity contribution in [2.75, 3.05) is 13.2 Å². The van der Waals surface area contributed by atoms with Crippen molar-refractivity contribution in [3.63, 3.8) is 0 Å². The smallest absolute Gasteiger partial charge is 0.168 e. The lowest BCUT2D eigenvalue weighted by atomic mass is 9.69. The zero-order valence-electron chi connectivity index (χ0n) is 8.84. The fraction of sp³-hybridized carbons (Fsp3) is 1.00. The van der Waals surface area contributed by atoms with Gasteiger partial charge in [0, 0.05) is 12.8 Å². The first kappa shape index (κ1) is 9.17. The first-order chi connectivity index (χ1) is 6.88. The summed E-state index contributed by atoms with van der Waals surface area (Å²) in [6.07, 6.45) is 9.42. The van der Waals surface area contributed by atoms with E-state index in [9.17, 15) is 0 Å². The average molecular weight is 196 g/mol. The Morgan fingerprint density at radius 3 is 2.36 bits per heavy atom. The zero-order chi connectivity index (χ0) is 9.43. The summed E-state index contributed by atoms with van der Waals surface area (Å²) < 4.78 is 11.6. The summed E-state index contributed by atoms with van der Waals surface area (Å²) in [4.78, 5) is 0. The molecule has 1 aliphatic heterocycles. The summed E-state index contributed by atoms with van der Waals surface area (Å²) in [6, 6.07) is 0. The number of hydrogen-bond donors (Lipinski definition) is 0. The maximum Gasteiger partial charge on any atom is 0.168 e. The molecular formula is C12H20O2. The van der Waals surface area contributed by atoms with Crippen molar-refractivity contribution in [2.24, 2.45) is 11.8 Å². The van der Waals surface area contributed by atoms with E-state index in [4.69, 9.17) is 9.47 Å². The third-order valence-corrected chi connectivity index (χ3v) is 4.35. The Morgan fingerprint density at radius 1 is 0.857 bits per heavy atom. The van der Waals surface area contributed by atoms with Crippen molar-refractivity contribution in [2.45, 2.75) is 50.7 Å². The highest BCUT2D eigenvalue weighted by molar-refractivity contribution is 4.89. The van der Waals surface area contributed by atoms with Gasteiger partial charge < -0.3 is 9.47 Å². The van der Waals surface area contributed by atoms with E-state index in [1.807, 2.05) is 0 Å². The van der Waals surface area contributed by atoms with Crippen LogP contribution in [0.4, 0.5) is 0 Å². The summed E-state index contributed by atoms with van der Waals surface area (Å²) in [5, 5.41) is 0. The Balaban J connectivity index is 1.70. The molecular weight excluding hydrogens is 176 g/mol. The minimum absolute atomic E-state index is 0.140. The van der Waals surface area contributed by atoms with E-state index in [1.165, 1.54) is 38.5 Å². The van der Waals surface area contributed by atoms with Gasteiger partial charge in [-0.15, -0.1) is 0 Å². The molecule has 1 heterocycles. The second-order valence-electron chi connectivity index (χ2n) is 5.16. The van der Waals surface area contributed by atoms with E-state index >= 15 is 0 Å². The van der Waals surface area contributed by atoms with Crippen LogP contribution >= 0.6 is 0 Å². The summed E-state index contributed by atoms with van der Waals surface area (Å²) in [5.41, 5.74) is 0. The Kier molecular flexibility index (Phi) is 2.29. The van der Waals surface area contributed by atoms with Crippen LogP contribution in [0.3, 0.4) is 0 Å². The van der Waals surface area contributed by atoms with Crippen LogP contribution in [-0.4, -0.2) is 19.0 Å². The molecule has 0 radical (unpaired) electrons. The molecule has 80 valence electrons. The first-order valence-corrected chi connectivity index (χ1v) is 6.16. The second kappa shape index (κ2) is 3.49. The molecule has 0 bridgehead atoms. The summed E-state index contributed by atoms with van der Waals surface area (Å²) >= 11 is 0. The fourth-order valence-electron chi connectivity index (χ4n) is 3.60. The number of fused-ring (bicyclic) bond motifs is 1. The molecule has 0 amide bonds. The van der Waals surface area contributed by atoms with Crippen LogP contribution in [0.15, 0.2) is 0 Å². The van der Waals surface area contributed by atoms with Crippen molar-refractivity contribution >= 4 is 0 Å². The monoisotopic (exact) mass is 196 g/mol. The van der Waals surface area contributed by atoms with Crippen molar-refractivity contribution in [3.8, 4) is 0 Å². The first-order valence-electron chi connectivity index (χ1n) is 6.16. The predicted molar refractivity (Wildman–Crippen MR) is 53.9 cm³/mol. The molecule has 0 aromatic heterocycles. The predicted octanol–water partition coefficient (Wildman–Crippen LogP) is 2.72. The molecule has 14 heavy (non-hydrogen) atoms. The molecule has 3 aliphatic rings. The Morgan fingerprint density at radius 2 is 1.57 bits per heavy atom. The van der Waals surface area contributed by atoms with Crippen LogP contribution in [-0.2, 0) is 9.47 Å². The van der Waals surface area contributed by atoms with Gasteiger partial charge >= 0.3 is 0 Å². The maximum atomic E-state index is 5.81. The van der Waals surface area contributed by atoms with Crippen LogP contribution < -0.4 is 0 Å². The fourth-order valence-corrected chi connectivity index (χ4v) is 3.60. The zero-order valence-corrected chi connectivity index (χ0v) is 8.84. The van der Waals surface area contributed by atoms with E-state index in [-0.39, 0.29) is 5.79 Å². The van der Waals surface area contributed by atoms with Gasteiger partial charge in [0.25, 0.3) is 0 Å². The molecule has 1 spiro atoms. The van der Waals surface area contributed by atoms with Gasteiger partial charge in [-0.3, -0.25) is 0 Å². The Labute approximate surface area is 86.0 Å². The highest BCUT2D eigenvalue weighted by Gasteiger charge is 2.45. The summed E-state index contributed by atoms with van der Waals surface area (Å²) in [6.45, 7) is 1.63. The molecule has 0 N–H and O–H groups in total. The summed E-state index contributed by atoms with van der Waals surface area (Å²) in [7, 11) is 0. The van der Waals surface area contributed by atoms with Gasteiger partial charge in [0.05, 0.1) is 13.2 Å². The van der Waals surface area contributed by atoms with Crippen molar-refractivity contribution < 1.29 is 9.47 Å². The molecule has 2 saturated carbocycles. The molecule has 2 unspecified atom stereocenters. The lowest BCUT2D eigenvalue weighted by molar-refractivity contribution is -0.197. The van der Waals surface area contributed by atoms with Gasteiger partial charge in [0.1, 0.15) is 0 Å². The van der Waals surface area contributed by atoms with Crippen LogP contribution in [0.1, 0.15) is 44.9 Å². The van der Waals surface area contributed by atoms with Crippen LogP contribution in [0.5, 0.6) is 0 Å². The lowest BCUT2D eigenvalue weighted by Gasteiger charge is -2.43. The summed E-state index contributed by atoms with van der Waals surface area (Å²) in [5.74, 6) is 1.75. The van der Waals surface area contributed by atoms with Crippen molar-refractivity contribution in [3.05, 3.63) is 0 Å². The molecule has 0 aromatic carbocycles. The molecule has 3 rings (SSSR count). The SMILES string of the molecule is C1CCC2CC3(CCC2C1)OCCO3. The topological polar surface area (TPSA) is 18.5 Å².